The first kappa shape index (κ1) is 18.3. The van der Waals surface area contributed by atoms with Crippen LogP contribution in [0, 0.1) is 11.7 Å². The van der Waals surface area contributed by atoms with Crippen LogP contribution in [0.4, 0.5) is 9.52 Å². The summed E-state index contributed by atoms with van der Waals surface area (Å²) in [5.41, 5.74) is 0.984. The number of benzene rings is 1. The van der Waals surface area contributed by atoms with Gasteiger partial charge >= 0.3 is 0 Å². The van der Waals surface area contributed by atoms with Crippen LogP contribution in [0.25, 0.3) is 0 Å². The molecular weight excluding hydrogens is 363 g/mol. The lowest BCUT2D eigenvalue weighted by atomic mass is 9.98. The molecule has 0 aliphatic carbocycles. The molecule has 0 unspecified atom stereocenters. The maximum absolute atomic E-state index is 13.1. The first-order chi connectivity index (χ1) is 13.1. The highest BCUT2D eigenvalue weighted by Crippen LogP contribution is 2.29. The quantitative estimate of drug-likeness (QED) is 0.804. The summed E-state index contributed by atoms with van der Waals surface area (Å²) in [6.07, 6.45) is 4.66. The Balaban J connectivity index is 1.43. The normalized spacial score (nSPS) is 21.0. The SMILES string of the molecule is CC1CCN(C(=O)[C@H]2CCCN2c2nc(Cc3ccc(F)cc3)ns2)CC1. The molecule has 2 aliphatic rings. The van der Waals surface area contributed by atoms with E-state index in [-0.39, 0.29) is 17.8 Å². The number of likely N-dealkylation sites (tertiary alicyclic amines) is 1. The number of rotatable bonds is 4. The van der Waals surface area contributed by atoms with Gasteiger partial charge in [0.05, 0.1) is 0 Å². The van der Waals surface area contributed by atoms with Gasteiger partial charge in [-0.05, 0) is 49.3 Å². The number of hydrogen-bond acceptors (Lipinski definition) is 5. The minimum atomic E-state index is -0.240. The number of carbonyl (C=O) groups excluding carboxylic acids is 1. The van der Waals surface area contributed by atoms with Crippen LogP contribution >= 0.6 is 11.5 Å². The Morgan fingerprint density at radius 1 is 1.19 bits per heavy atom. The Hall–Kier alpha value is -2.02. The molecule has 1 aromatic carbocycles. The van der Waals surface area contributed by atoms with Crippen molar-refractivity contribution >= 4 is 22.6 Å². The molecule has 5 nitrogen and oxygen atoms in total. The molecule has 2 saturated heterocycles. The average Bonchev–Trinajstić information content (AvgIpc) is 3.33. The van der Waals surface area contributed by atoms with E-state index < -0.39 is 0 Å². The molecule has 27 heavy (non-hydrogen) atoms. The van der Waals surface area contributed by atoms with Crippen LogP contribution in [0.15, 0.2) is 24.3 Å². The van der Waals surface area contributed by atoms with E-state index in [2.05, 4.69) is 21.2 Å². The van der Waals surface area contributed by atoms with E-state index in [0.717, 1.165) is 61.8 Å². The molecule has 1 aromatic heterocycles. The van der Waals surface area contributed by atoms with Crippen molar-refractivity contribution in [3.05, 3.63) is 41.5 Å². The van der Waals surface area contributed by atoms with Gasteiger partial charge in [-0.3, -0.25) is 4.79 Å². The van der Waals surface area contributed by atoms with E-state index in [1.807, 2.05) is 4.90 Å². The van der Waals surface area contributed by atoms with Crippen LogP contribution < -0.4 is 4.90 Å². The Morgan fingerprint density at radius 2 is 1.93 bits per heavy atom. The topological polar surface area (TPSA) is 49.3 Å². The van der Waals surface area contributed by atoms with E-state index in [1.54, 1.807) is 12.1 Å². The lowest BCUT2D eigenvalue weighted by Gasteiger charge is -2.34. The molecule has 2 aromatic rings. The van der Waals surface area contributed by atoms with Crippen molar-refractivity contribution in [2.24, 2.45) is 5.92 Å². The molecule has 0 spiro atoms. The molecular formula is C20H25FN4OS. The standard InChI is InChI=1S/C20H25FN4OS/c1-14-8-11-24(12-9-14)19(26)17-3-2-10-25(17)20-22-18(23-27-20)13-15-4-6-16(21)7-5-15/h4-7,14,17H,2-3,8-13H2,1H3/t17-/m1/s1. The largest absolute Gasteiger partial charge is 0.341 e. The molecule has 0 N–H and O–H groups in total. The molecule has 0 saturated carbocycles. The molecule has 2 aliphatic heterocycles. The average molecular weight is 389 g/mol. The molecule has 4 rings (SSSR count). The highest BCUT2D eigenvalue weighted by Gasteiger charge is 2.36. The van der Waals surface area contributed by atoms with Crippen molar-refractivity contribution in [1.29, 1.82) is 0 Å². The summed E-state index contributed by atoms with van der Waals surface area (Å²) < 4.78 is 17.5. The second kappa shape index (κ2) is 7.92. The summed E-state index contributed by atoms with van der Waals surface area (Å²) in [5, 5.41) is 0.827. The van der Waals surface area contributed by atoms with Gasteiger partial charge in [-0.1, -0.05) is 19.1 Å². The Bertz CT molecular complexity index is 786. The smallest absolute Gasteiger partial charge is 0.245 e. The first-order valence-electron chi connectivity index (χ1n) is 9.72. The maximum atomic E-state index is 13.1. The number of hydrogen-bond donors (Lipinski definition) is 0. The Morgan fingerprint density at radius 3 is 2.67 bits per heavy atom. The maximum Gasteiger partial charge on any atom is 0.245 e. The first-order valence-corrected chi connectivity index (χ1v) is 10.5. The number of amides is 1. The lowest BCUT2D eigenvalue weighted by molar-refractivity contribution is -0.133. The van der Waals surface area contributed by atoms with Gasteiger partial charge in [-0.2, -0.15) is 4.37 Å². The van der Waals surface area contributed by atoms with Crippen molar-refractivity contribution in [3.8, 4) is 0 Å². The summed E-state index contributed by atoms with van der Waals surface area (Å²) in [7, 11) is 0. The highest BCUT2D eigenvalue weighted by atomic mass is 32.1. The number of aromatic nitrogens is 2. The van der Waals surface area contributed by atoms with Crippen molar-refractivity contribution in [2.45, 2.75) is 45.1 Å². The van der Waals surface area contributed by atoms with Crippen LogP contribution in [-0.4, -0.2) is 45.8 Å². The van der Waals surface area contributed by atoms with Crippen molar-refractivity contribution < 1.29 is 9.18 Å². The van der Waals surface area contributed by atoms with Gasteiger partial charge < -0.3 is 9.80 Å². The third kappa shape index (κ3) is 4.13. The fraction of sp³-hybridized carbons (Fsp3) is 0.550. The molecule has 0 radical (unpaired) electrons. The third-order valence-corrected chi connectivity index (χ3v) is 6.40. The number of halogens is 1. The fourth-order valence-electron chi connectivity index (χ4n) is 3.91. The van der Waals surface area contributed by atoms with Gasteiger partial charge in [0.1, 0.15) is 17.7 Å². The molecule has 1 atom stereocenters. The van der Waals surface area contributed by atoms with Crippen LogP contribution in [-0.2, 0) is 11.2 Å². The molecule has 3 heterocycles. The number of nitrogens with zero attached hydrogens (tertiary/aromatic N) is 4. The summed E-state index contributed by atoms with van der Waals surface area (Å²) in [4.78, 5) is 21.9. The fourth-order valence-corrected chi connectivity index (χ4v) is 4.67. The van der Waals surface area contributed by atoms with E-state index in [0.29, 0.717) is 12.3 Å². The minimum absolute atomic E-state index is 0.106. The molecule has 144 valence electrons. The van der Waals surface area contributed by atoms with Gasteiger partial charge in [-0.15, -0.1) is 0 Å². The summed E-state index contributed by atoms with van der Waals surface area (Å²) in [6.45, 7) is 4.85. The summed E-state index contributed by atoms with van der Waals surface area (Å²) >= 11 is 1.36. The Labute approximate surface area is 163 Å². The summed E-state index contributed by atoms with van der Waals surface area (Å²) in [5.74, 6) is 1.45. The van der Waals surface area contributed by atoms with Crippen LogP contribution in [0.2, 0.25) is 0 Å². The number of anilines is 1. The van der Waals surface area contributed by atoms with E-state index in [1.165, 1.54) is 23.7 Å². The minimum Gasteiger partial charge on any atom is -0.341 e. The van der Waals surface area contributed by atoms with Crippen molar-refractivity contribution in [3.63, 3.8) is 0 Å². The van der Waals surface area contributed by atoms with Gasteiger partial charge in [-0.25, -0.2) is 9.37 Å². The molecule has 2 fully saturated rings. The molecule has 0 bridgehead atoms. The number of piperidine rings is 1. The second-order valence-corrected chi connectivity index (χ2v) is 8.39. The zero-order chi connectivity index (χ0) is 18.8. The van der Waals surface area contributed by atoms with E-state index >= 15 is 0 Å². The monoisotopic (exact) mass is 388 g/mol. The van der Waals surface area contributed by atoms with Crippen molar-refractivity contribution in [2.75, 3.05) is 24.5 Å². The second-order valence-electron chi connectivity index (χ2n) is 7.66. The molecule has 1 amide bonds. The number of carbonyl (C=O) groups is 1. The Kier molecular flexibility index (Phi) is 5.38. The third-order valence-electron chi connectivity index (χ3n) is 5.61. The highest BCUT2D eigenvalue weighted by molar-refractivity contribution is 7.09. The van der Waals surface area contributed by atoms with Crippen LogP contribution in [0.5, 0.6) is 0 Å². The van der Waals surface area contributed by atoms with E-state index in [4.69, 9.17) is 0 Å². The van der Waals surface area contributed by atoms with Gasteiger partial charge in [0, 0.05) is 37.6 Å². The van der Waals surface area contributed by atoms with Crippen LogP contribution in [0.1, 0.15) is 44.0 Å². The predicted octanol–water partition coefficient (Wildman–Crippen LogP) is 3.50. The predicted molar refractivity (Wildman–Crippen MR) is 104 cm³/mol. The zero-order valence-electron chi connectivity index (χ0n) is 15.6. The van der Waals surface area contributed by atoms with E-state index in [9.17, 15) is 9.18 Å². The van der Waals surface area contributed by atoms with Gasteiger partial charge in [0.2, 0.25) is 11.0 Å². The summed E-state index contributed by atoms with van der Waals surface area (Å²) in [6, 6.07) is 6.32. The zero-order valence-corrected chi connectivity index (χ0v) is 16.4. The van der Waals surface area contributed by atoms with Gasteiger partial charge in [0.25, 0.3) is 0 Å². The van der Waals surface area contributed by atoms with Crippen molar-refractivity contribution in [1.82, 2.24) is 14.3 Å². The van der Waals surface area contributed by atoms with Gasteiger partial charge in [0.15, 0.2) is 0 Å². The molecule has 7 heteroatoms. The lowest BCUT2D eigenvalue weighted by Crippen LogP contribution is -2.48. The van der Waals surface area contributed by atoms with Crippen LogP contribution in [0.3, 0.4) is 0 Å².